The van der Waals surface area contributed by atoms with E-state index in [0.29, 0.717) is 5.69 Å². The van der Waals surface area contributed by atoms with E-state index in [2.05, 4.69) is 5.43 Å². The molecule has 0 atom stereocenters. The molecule has 0 aliphatic carbocycles. The molecule has 0 aromatic heterocycles. The number of hydrazine groups is 1. The number of hydrogen-bond donors (Lipinski definition) is 2. The maximum atomic E-state index is 13.4. The predicted octanol–water partition coefficient (Wildman–Crippen LogP) is 2.34. The smallest absolute Gasteiger partial charge is 0.338 e. The van der Waals surface area contributed by atoms with Gasteiger partial charge in [0, 0.05) is 13.1 Å². The van der Waals surface area contributed by atoms with Crippen LogP contribution >= 0.6 is 0 Å². The average molecular weight is 238 g/mol. The molecule has 1 saturated heterocycles. The minimum Gasteiger partial charge on any atom is -0.478 e. The Bertz CT molecular complexity index is 417. The molecule has 1 aromatic rings. The highest BCUT2D eigenvalue weighted by Crippen LogP contribution is 2.17. The van der Waals surface area contributed by atoms with Gasteiger partial charge in [-0.3, -0.25) is 0 Å². The zero-order valence-corrected chi connectivity index (χ0v) is 9.45. The van der Waals surface area contributed by atoms with Gasteiger partial charge in [-0.25, -0.2) is 14.2 Å². The van der Waals surface area contributed by atoms with Crippen molar-refractivity contribution in [1.29, 1.82) is 0 Å². The lowest BCUT2D eigenvalue weighted by Crippen LogP contribution is -2.34. The van der Waals surface area contributed by atoms with Crippen LogP contribution in [0.2, 0.25) is 0 Å². The Hall–Kier alpha value is -1.62. The number of piperidine rings is 1. The molecule has 1 heterocycles. The maximum Gasteiger partial charge on any atom is 0.338 e. The van der Waals surface area contributed by atoms with Crippen molar-refractivity contribution in [3.63, 3.8) is 0 Å². The van der Waals surface area contributed by atoms with Gasteiger partial charge in [-0.2, -0.15) is 0 Å². The second-order valence-electron chi connectivity index (χ2n) is 4.16. The molecule has 0 radical (unpaired) electrons. The standard InChI is InChI=1S/C12H15FN2O2/c13-11-8-9(4-5-10(11)12(16)17)14-15-6-2-1-3-7-15/h4-5,8,14H,1-3,6-7H2,(H,16,17). The van der Waals surface area contributed by atoms with Crippen molar-refractivity contribution in [2.45, 2.75) is 19.3 Å². The van der Waals surface area contributed by atoms with E-state index in [-0.39, 0.29) is 5.56 Å². The molecule has 1 aliphatic rings. The summed E-state index contributed by atoms with van der Waals surface area (Å²) in [7, 11) is 0. The van der Waals surface area contributed by atoms with Crippen molar-refractivity contribution in [2.75, 3.05) is 18.5 Å². The van der Waals surface area contributed by atoms with Gasteiger partial charge in [-0.15, -0.1) is 0 Å². The summed E-state index contributed by atoms with van der Waals surface area (Å²) in [5, 5.41) is 10.7. The molecule has 0 saturated carbocycles. The first-order valence-corrected chi connectivity index (χ1v) is 5.71. The Kier molecular flexibility index (Phi) is 3.58. The number of hydrogen-bond acceptors (Lipinski definition) is 3. The van der Waals surface area contributed by atoms with Crippen molar-refractivity contribution < 1.29 is 14.3 Å². The summed E-state index contributed by atoms with van der Waals surface area (Å²) in [6, 6.07) is 4.09. The van der Waals surface area contributed by atoms with Crippen molar-refractivity contribution >= 4 is 11.7 Å². The van der Waals surface area contributed by atoms with E-state index in [1.807, 2.05) is 5.01 Å². The third kappa shape index (κ3) is 2.94. The molecule has 1 aromatic carbocycles. The Balaban J connectivity index is 2.06. The molecule has 0 spiro atoms. The number of halogens is 1. The second-order valence-corrected chi connectivity index (χ2v) is 4.16. The topological polar surface area (TPSA) is 52.6 Å². The van der Waals surface area contributed by atoms with Crippen LogP contribution in [0.25, 0.3) is 0 Å². The summed E-state index contributed by atoms with van der Waals surface area (Å²) < 4.78 is 13.4. The van der Waals surface area contributed by atoms with E-state index in [4.69, 9.17) is 5.11 Å². The molecular formula is C12H15FN2O2. The van der Waals surface area contributed by atoms with Crippen LogP contribution < -0.4 is 5.43 Å². The van der Waals surface area contributed by atoms with Gasteiger partial charge in [0.1, 0.15) is 5.82 Å². The lowest BCUT2D eigenvalue weighted by atomic mass is 10.1. The molecule has 92 valence electrons. The van der Waals surface area contributed by atoms with Crippen LogP contribution in [0.4, 0.5) is 10.1 Å². The van der Waals surface area contributed by atoms with Gasteiger partial charge >= 0.3 is 5.97 Å². The molecule has 4 nitrogen and oxygen atoms in total. The first-order valence-electron chi connectivity index (χ1n) is 5.71. The summed E-state index contributed by atoms with van der Waals surface area (Å²) >= 11 is 0. The number of benzene rings is 1. The van der Waals surface area contributed by atoms with Gasteiger partial charge in [0.25, 0.3) is 0 Å². The number of aromatic carboxylic acids is 1. The molecular weight excluding hydrogens is 223 g/mol. The fourth-order valence-electron chi connectivity index (χ4n) is 1.95. The minimum absolute atomic E-state index is 0.297. The van der Waals surface area contributed by atoms with Crippen LogP contribution in [0.15, 0.2) is 18.2 Å². The fourth-order valence-corrected chi connectivity index (χ4v) is 1.95. The quantitative estimate of drug-likeness (QED) is 0.848. The number of carboxylic acids is 1. The van der Waals surface area contributed by atoms with Crippen molar-refractivity contribution in [3.8, 4) is 0 Å². The van der Waals surface area contributed by atoms with Crippen LogP contribution in [0.5, 0.6) is 0 Å². The van der Waals surface area contributed by atoms with Gasteiger partial charge in [0.2, 0.25) is 0 Å². The van der Waals surface area contributed by atoms with Gasteiger partial charge in [0.15, 0.2) is 0 Å². The van der Waals surface area contributed by atoms with Crippen LogP contribution in [-0.2, 0) is 0 Å². The molecule has 5 heteroatoms. The molecule has 1 aliphatic heterocycles. The summed E-state index contributed by atoms with van der Waals surface area (Å²) in [6.45, 7) is 1.87. The number of carboxylic acid groups (broad SMARTS) is 1. The number of carbonyl (C=O) groups is 1. The lowest BCUT2D eigenvalue weighted by molar-refractivity contribution is 0.0692. The largest absolute Gasteiger partial charge is 0.478 e. The van der Waals surface area contributed by atoms with Crippen LogP contribution in [0, 0.1) is 5.82 Å². The Morgan fingerprint density at radius 1 is 1.29 bits per heavy atom. The van der Waals surface area contributed by atoms with Gasteiger partial charge < -0.3 is 10.5 Å². The Morgan fingerprint density at radius 2 is 2.00 bits per heavy atom. The number of anilines is 1. The minimum atomic E-state index is -1.24. The van der Waals surface area contributed by atoms with E-state index in [9.17, 15) is 9.18 Å². The highest BCUT2D eigenvalue weighted by atomic mass is 19.1. The first-order chi connectivity index (χ1) is 8.16. The van der Waals surface area contributed by atoms with Crippen molar-refractivity contribution in [2.24, 2.45) is 0 Å². The molecule has 2 N–H and O–H groups in total. The van der Waals surface area contributed by atoms with E-state index in [1.54, 1.807) is 6.07 Å². The van der Waals surface area contributed by atoms with Crippen molar-refractivity contribution in [1.82, 2.24) is 5.01 Å². The molecule has 1 fully saturated rings. The number of nitrogens with one attached hydrogen (secondary N) is 1. The van der Waals surface area contributed by atoms with E-state index in [1.165, 1.54) is 18.6 Å². The summed E-state index contributed by atoms with van der Waals surface area (Å²) in [6.07, 6.45) is 3.48. The Labute approximate surface area is 99.0 Å². The van der Waals surface area contributed by atoms with Crippen LogP contribution in [-0.4, -0.2) is 29.2 Å². The van der Waals surface area contributed by atoms with E-state index < -0.39 is 11.8 Å². The molecule has 0 unspecified atom stereocenters. The van der Waals surface area contributed by atoms with Gasteiger partial charge in [-0.1, -0.05) is 6.42 Å². The number of nitrogens with zero attached hydrogens (tertiary/aromatic N) is 1. The molecule has 2 rings (SSSR count). The third-order valence-corrected chi connectivity index (χ3v) is 2.84. The lowest BCUT2D eigenvalue weighted by Gasteiger charge is -2.27. The van der Waals surface area contributed by atoms with Crippen LogP contribution in [0.1, 0.15) is 29.6 Å². The SMILES string of the molecule is O=C(O)c1ccc(NN2CCCCC2)cc1F. The predicted molar refractivity (Wildman–Crippen MR) is 62.4 cm³/mol. The highest BCUT2D eigenvalue weighted by molar-refractivity contribution is 5.88. The van der Waals surface area contributed by atoms with E-state index in [0.717, 1.165) is 25.9 Å². The van der Waals surface area contributed by atoms with Crippen LogP contribution in [0.3, 0.4) is 0 Å². The summed E-state index contributed by atoms with van der Waals surface area (Å²) in [5.41, 5.74) is 3.38. The highest BCUT2D eigenvalue weighted by Gasteiger charge is 2.13. The molecule has 0 amide bonds. The molecule has 0 bridgehead atoms. The number of rotatable bonds is 3. The normalized spacial score (nSPS) is 16.8. The summed E-state index contributed by atoms with van der Waals surface area (Å²) in [5.74, 6) is -1.95. The average Bonchev–Trinajstić information content (AvgIpc) is 2.30. The zero-order valence-electron chi connectivity index (χ0n) is 9.45. The van der Waals surface area contributed by atoms with Gasteiger partial charge in [0.05, 0.1) is 11.3 Å². The van der Waals surface area contributed by atoms with E-state index >= 15 is 0 Å². The summed E-state index contributed by atoms with van der Waals surface area (Å²) in [4.78, 5) is 10.7. The van der Waals surface area contributed by atoms with Gasteiger partial charge in [-0.05, 0) is 31.0 Å². The Morgan fingerprint density at radius 3 is 2.59 bits per heavy atom. The monoisotopic (exact) mass is 238 g/mol. The third-order valence-electron chi connectivity index (χ3n) is 2.84. The first kappa shape index (κ1) is 11.9. The maximum absolute atomic E-state index is 13.4. The van der Waals surface area contributed by atoms with Crippen molar-refractivity contribution in [3.05, 3.63) is 29.6 Å². The molecule has 17 heavy (non-hydrogen) atoms. The second kappa shape index (κ2) is 5.14. The zero-order chi connectivity index (χ0) is 12.3. The fraction of sp³-hybridized carbons (Fsp3) is 0.417.